The summed E-state index contributed by atoms with van der Waals surface area (Å²) in [6.45, 7) is 8.07. The van der Waals surface area contributed by atoms with Crippen molar-refractivity contribution in [3.63, 3.8) is 0 Å². The van der Waals surface area contributed by atoms with E-state index in [0.717, 1.165) is 5.92 Å². The van der Waals surface area contributed by atoms with Crippen molar-refractivity contribution in [3.8, 4) is 0 Å². The van der Waals surface area contributed by atoms with E-state index in [1.807, 2.05) is 20.8 Å². The third-order valence-electron chi connectivity index (χ3n) is 3.52. The molecule has 0 aromatic carbocycles. The number of hydrogen-bond acceptors (Lipinski definition) is 2. The van der Waals surface area contributed by atoms with Crippen LogP contribution < -0.4 is 0 Å². The van der Waals surface area contributed by atoms with E-state index in [9.17, 15) is 4.79 Å². The summed E-state index contributed by atoms with van der Waals surface area (Å²) in [5, 5.41) is 0. The van der Waals surface area contributed by atoms with Crippen LogP contribution in [0.3, 0.4) is 0 Å². The van der Waals surface area contributed by atoms with E-state index in [0.29, 0.717) is 11.8 Å². The SMILES string of the molecule is CC1CCC2C(C(=O)OC(C)(C)C)C12. The molecule has 0 amide bonds. The Bertz CT molecular complexity index is 252. The Morgan fingerprint density at radius 2 is 1.93 bits per heavy atom. The molecule has 0 bridgehead atoms. The van der Waals surface area contributed by atoms with Gasteiger partial charge in [0.2, 0.25) is 0 Å². The zero-order valence-corrected chi connectivity index (χ0v) is 9.54. The molecular formula is C12H20O2. The second-order valence-corrected chi connectivity index (χ2v) is 5.86. The highest BCUT2D eigenvalue weighted by atomic mass is 16.6. The van der Waals surface area contributed by atoms with E-state index in [1.54, 1.807) is 0 Å². The maximum atomic E-state index is 11.8. The normalized spacial score (nSPS) is 40.6. The lowest BCUT2D eigenvalue weighted by Gasteiger charge is -2.20. The van der Waals surface area contributed by atoms with Crippen molar-refractivity contribution >= 4 is 5.97 Å². The van der Waals surface area contributed by atoms with Crippen molar-refractivity contribution < 1.29 is 9.53 Å². The van der Waals surface area contributed by atoms with Crippen LogP contribution in [0.5, 0.6) is 0 Å². The number of carbonyl (C=O) groups is 1. The van der Waals surface area contributed by atoms with Gasteiger partial charge in [-0.15, -0.1) is 0 Å². The molecule has 4 atom stereocenters. The maximum Gasteiger partial charge on any atom is 0.310 e. The predicted octanol–water partition coefficient (Wildman–Crippen LogP) is 2.62. The quantitative estimate of drug-likeness (QED) is 0.603. The van der Waals surface area contributed by atoms with Gasteiger partial charge in [0.25, 0.3) is 0 Å². The minimum atomic E-state index is -0.322. The maximum absolute atomic E-state index is 11.8. The predicted molar refractivity (Wildman–Crippen MR) is 54.7 cm³/mol. The van der Waals surface area contributed by atoms with Crippen LogP contribution >= 0.6 is 0 Å². The molecule has 2 aliphatic rings. The molecule has 0 aromatic heterocycles. The summed E-state index contributed by atoms with van der Waals surface area (Å²) >= 11 is 0. The average Bonchev–Trinajstić information content (AvgIpc) is 2.61. The van der Waals surface area contributed by atoms with E-state index in [2.05, 4.69) is 6.92 Å². The standard InChI is InChI=1S/C12H20O2/c1-7-5-6-8-9(7)10(8)11(13)14-12(2,3)4/h7-10H,5-6H2,1-4H3. The molecule has 0 aliphatic heterocycles. The van der Waals surface area contributed by atoms with Crippen molar-refractivity contribution in [2.24, 2.45) is 23.7 Å². The number of fused-ring (bicyclic) bond motifs is 1. The molecule has 0 heterocycles. The molecular weight excluding hydrogens is 176 g/mol. The summed E-state index contributed by atoms with van der Waals surface area (Å²) in [6.07, 6.45) is 2.53. The van der Waals surface area contributed by atoms with Crippen LogP contribution in [-0.2, 0) is 9.53 Å². The van der Waals surface area contributed by atoms with Crippen LogP contribution in [0.1, 0.15) is 40.5 Å². The first kappa shape index (κ1) is 10.0. The minimum Gasteiger partial charge on any atom is -0.460 e. The van der Waals surface area contributed by atoms with E-state index in [-0.39, 0.29) is 17.5 Å². The molecule has 2 saturated carbocycles. The topological polar surface area (TPSA) is 26.3 Å². The summed E-state index contributed by atoms with van der Waals surface area (Å²) < 4.78 is 5.41. The van der Waals surface area contributed by atoms with Gasteiger partial charge in [-0.25, -0.2) is 0 Å². The van der Waals surface area contributed by atoms with E-state index < -0.39 is 0 Å². The van der Waals surface area contributed by atoms with Crippen LogP contribution in [0.15, 0.2) is 0 Å². The van der Waals surface area contributed by atoms with Crippen LogP contribution in [0.2, 0.25) is 0 Å². The number of rotatable bonds is 1. The van der Waals surface area contributed by atoms with Crippen molar-refractivity contribution in [2.45, 2.75) is 46.1 Å². The largest absolute Gasteiger partial charge is 0.460 e. The Kier molecular flexibility index (Phi) is 2.13. The lowest BCUT2D eigenvalue weighted by molar-refractivity contribution is -0.157. The highest BCUT2D eigenvalue weighted by Crippen LogP contribution is 2.60. The van der Waals surface area contributed by atoms with E-state index in [4.69, 9.17) is 4.74 Å². The molecule has 80 valence electrons. The van der Waals surface area contributed by atoms with Gasteiger partial charge in [-0.3, -0.25) is 4.79 Å². The third kappa shape index (κ3) is 1.67. The molecule has 0 radical (unpaired) electrons. The molecule has 0 aromatic rings. The van der Waals surface area contributed by atoms with Gasteiger partial charge in [0.1, 0.15) is 5.60 Å². The lowest BCUT2D eigenvalue weighted by atomic mass is 10.0. The zero-order chi connectivity index (χ0) is 10.5. The van der Waals surface area contributed by atoms with E-state index in [1.165, 1.54) is 12.8 Å². The summed E-state index contributed by atoms with van der Waals surface area (Å²) in [5.41, 5.74) is -0.322. The van der Waals surface area contributed by atoms with Crippen molar-refractivity contribution in [1.82, 2.24) is 0 Å². The Labute approximate surface area is 86.0 Å². The number of ether oxygens (including phenoxy) is 1. The Balaban J connectivity index is 1.91. The second-order valence-electron chi connectivity index (χ2n) is 5.86. The van der Waals surface area contributed by atoms with Gasteiger partial charge < -0.3 is 4.74 Å². The van der Waals surface area contributed by atoms with Crippen molar-refractivity contribution in [2.75, 3.05) is 0 Å². The Hall–Kier alpha value is -0.530. The molecule has 4 unspecified atom stereocenters. The average molecular weight is 196 g/mol. The van der Waals surface area contributed by atoms with Crippen LogP contribution in [-0.4, -0.2) is 11.6 Å². The first-order chi connectivity index (χ1) is 6.40. The monoisotopic (exact) mass is 196 g/mol. The molecule has 2 fully saturated rings. The highest BCUT2D eigenvalue weighted by molar-refractivity contribution is 5.77. The summed E-state index contributed by atoms with van der Waals surface area (Å²) in [4.78, 5) is 11.8. The van der Waals surface area contributed by atoms with Gasteiger partial charge in [0.05, 0.1) is 5.92 Å². The molecule has 0 spiro atoms. The fourth-order valence-electron chi connectivity index (χ4n) is 2.90. The molecule has 14 heavy (non-hydrogen) atoms. The number of hydrogen-bond donors (Lipinski definition) is 0. The number of carbonyl (C=O) groups excluding carboxylic acids is 1. The van der Waals surface area contributed by atoms with Crippen LogP contribution in [0.25, 0.3) is 0 Å². The summed E-state index contributed by atoms with van der Waals surface area (Å²) in [7, 11) is 0. The molecule has 0 N–H and O–H groups in total. The second kappa shape index (κ2) is 2.98. The summed E-state index contributed by atoms with van der Waals surface area (Å²) in [6, 6.07) is 0. The zero-order valence-electron chi connectivity index (χ0n) is 9.54. The van der Waals surface area contributed by atoms with Gasteiger partial charge in [-0.1, -0.05) is 13.3 Å². The Morgan fingerprint density at radius 3 is 2.36 bits per heavy atom. The minimum absolute atomic E-state index is 0.0408. The van der Waals surface area contributed by atoms with Gasteiger partial charge in [-0.05, 0) is 44.9 Å². The van der Waals surface area contributed by atoms with Crippen LogP contribution in [0.4, 0.5) is 0 Å². The summed E-state index contributed by atoms with van der Waals surface area (Å²) in [5.74, 6) is 2.30. The Morgan fingerprint density at radius 1 is 1.29 bits per heavy atom. The molecule has 2 rings (SSSR count). The van der Waals surface area contributed by atoms with Gasteiger partial charge in [0.15, 0.2) is 0 Å². The highest BCUT2D eigenvalue weighted by Gasteiger charge is 2.61. The van der Waals surface area contributed by atoms with Gasteiger partial charge in [-0.2, -0.15) is 0 Å². The molecule has 2 aliphatic carbocycles. The number of esters is 1. The van der Waals surface area contributed by atoms with Crippen molar-refractivity contribution in [3.05, 3.63) is 0 Å². The van der Waals surface area contributed by atoms with Crippen molar-refractivity contribution in [1.29, 1.82) is 0 Å². The third-order valence-corrected chi connectivity index (χ3v) is 3.52. The lowest BCUT2D eigenvalue weighted by Crippen LogP contribution is -2.26. The fraction of sp³-hybridized carbons (Fsp3) is 0.917. The smallest absolute Gasteiger partial charge is 0.310 e. The van der Waals surface area contributed by atoms with Crippen LogP contribution in [0, 0.1) is 23.7 Å². The van der Waals surface area contributed by atoms with Gasteiger partial charge in [0, 0.05) is 0 Å². The van der Waals surface area contributed by atoms with Gasteiger partial charge >= 0.3 is 5.97 Å². The first-order valence-electron chi connectivity index (χ1n) is 5.63. The molecule has 0 saturated heterocycles. The van der Waals surface area contributed by atoms with E-state index >= 15 is 0 Å². The molecule has 2 heteroatoms. The fourth-order valence-corrected chi connectivity index (χ4v) is 2.90. The molecule has 2 nitrogen and oxygen atoms in total. The first-order valence-corrected chi connectivity index (χ1v) is 5.63.